The van der Waals surface area contributed by atoms with Crippen LogP contribution in [0.4, 0.5) is 0 Å². The Bertz CT molecular complexity index is 749. The van der Waals surface area contributed by atoms with Gasteiger partial charge in [0.25, 0.3) is 0 Å². The molecule has 1 aliphatic carbocycles. The zero-order chi connectivity index (χ0) is 19.6. The van der Waals surface area contributed by atoms with Gasteiger partial charge < -0.3 is 10.6 Å². The highest BCUT2D eigenvalue weighted by Crippen LogP contribution is 2.17. The van der Waals surface area contributed by atoms with Crippen LogP contribution in [0, 0.1) is 0 Å². The number of aromatic nitrogens is 2. The van der Waals surface area contributed by atoms with Gasteiger partial charge in [0.1, 0.15) is 0 Å². The second-order valence-electron chi connectivity index (χ2n) is 7.48. The van der Waals surface area contributed by atoms with E-state index in [1.165, 1.54) is 25.7 Å². The van der Waals surface area contributed by atoms with Crippen molar-refractivity contribution in [1.82, 2.24) is 20.4 Å². The summed E-state index contributed by atoms with van der Waals surface area (Å²) in [5.74, 6) is -0.0855. The summed E-state index contributed by atoms with van der Waals surface area (Å²) in [6, 6.07) is 10.2. The number of para-hydroxylation sites is 1. The quantitative estimate of drug-likeness (QED) is 0.689. The lowest BCUT2D eigenvalue weighted by atomic mass is 10.1. The average Bonchev–Trinajstić information content (AvgIpc) is 3.04. The first-order chi connectivity index (χ1) is 13.7. The van der Waals surface area contributed by atoms with E-state index >= 15 is 0 Å². The van der Waals surface area contributed by atoms with Gasteiger partial charge in [-0.15, -0.1) is 0 Å². The molecule has 1 saturated carbocycles. The summed E-state index contributed by atoms with van der Waals surface area (Å²) in [4.78, 5) is 24.1. The molecule has 0 radical (unpaired) electrons. The van der Waals surface area contributed by atoms with Crippen LogP contribution in [0.3, 0.4) is 0 Å². The largest absolute Gasteiger partial charge is 0.356 e. The number of rotatable bonds is 8. The number of hydrogen-bond acceptors (Lipinski definition) is 3. The van der Waals surface area contributed by atoms with Crippen LogP contribution < -0.4 is 10.6 Å². The van der Waals surface area contributed by atoms with E-state index in [9.17, 15) is 9.59 Å². The lowest BCUT2D eigenvalue weighted by Gasteiger charge is -2.16. The molecule has 0 saturated heterocycles. The molecule has 6 heteroatoms. The van der Waals surface area contributed by atoms with E-state index in [1.54, 1.807) is 0 Å². The van der Waals surface area contributed by atoms with E-state index in [2.05, 4.69) is 15.7 Å². The zero-order valence-corrected chi connectivity index (χ0v) is 16.4. The molecule has 0 spiro atoms. The highest BCUT2D eigenvalue weighted by atomic mass is 16.2. The Balaban J connectivity index is 1.32. The Morgan fingerprint density at radius 3 is 2.46 bits per heavy atom. The summed E-state index contributed by atoms with van der Waals surface area (Å²) in [7, 11) is 0. The van der Waals surface area contributed by atoms with Crippen molar-refractivity contribution in [3.8, 4) is 5.69 Å². The van der Waals surface area contributed by atoms with Crippen LogP contribution in [-0.4, -0.2) is 34.2 Å². The fourth-order valence-corrected chi connectivity index (χ4v) is 3.60. The first kappa shape index (κ1) is 20.1. The van der Waals surface area contributed by atoms with E-state index in [0.29, 0.717) is 19.0 Å². The maximum absolute atomic E-state index is 12.1. The number of carbonyl (C=O) groups is 2. The van der Waals surface area contributed by atoms with Gasteiger partial charge in [-0.3, -0.25) is 9.59 Å². The van der Waals surface area contributed by atoms with E-state index in [0.717, 1.165) is 24.1 Å². The molecule has 1 heterocycles. The Labute approximate surface area is 166 Å². The summed E-state index contributed by atoms with van der Waals surface area (Å²) < 4.78 is 1.83. The Hall–Kier alpha value is -2.63. The summed E-state index contributed by atoms with van der Waals surface area (Å²) in [6.07, 6.45) is 12.0. The van der Waals surface area contributed by atoms with Crippen molar-refractivity contribution in [3.05, 3.63) is 48.3 Å². The standard InChI is InChI=1S/C22H30N4O2/c27-21(12-13-22(28)25-19-8-4-1-2-5-9-19)23-15-14-18-16-24-26(17-18)20-10-6-3-7-11-20/h3,6-7,10-11,16-17,19H,1-2,4-5,8-9,12-15H2,(H,23,27)(H,25,28). The number of nitrogens with zero attached hydrogens (tertiary/aromatic N) is 2. The maximum Gasteiger partial charge on any atom is 0.220 e. The number of amides is 2. The van der Waals surface area contributed by atoms with Gasteiger partial charge >= 0.3 is 0 Å². The minimum absolute atomic E-state index is 0.00816. The molecule has 6 nitrogen and oxygen atoms in total. The van der Waals surface area contributed by atoms with Crippen molar-refractivity contribution in [3.63, 3.8) is 0 Å². The number of carbonyl (C=O) groups excluding carboxylic acids is 2. The molecule has 0 aliphatic heterocycles. The van der Waals surface area contributed by atoms with Gasteiger partial charge in [0.05, 0.1) is 11.9 Å². The molecular weight excluding hydrogens is 352 g/mol. The third-order valence-corrected chi connectivity index (χ3v) is 5.19. The maximum atomic E-state index is 12.1. The Kier molecular flexibility index (Phi) is 7.64. The number of nitrogens with one attached hydrogen (secondary N) is 2. The molecule has 0 unspecified atom stereocenters. The Morgan fingerprint density at radius 2 is 1.71 bits per heavy atom. The van der Waals surface area contributed by atoms with Crippen molar-refractivity contribution >= 4 is 11.8 Å². The van der Waals surface area contributed by atoms with Gasteiger partial charge in [-0.1, -0.05) is 43.9 Å². The molecule has 1 aromatic carbocycles. The first-order valence-corrected chi connectivity index (χ1v) is 10.4. The fourth-order valence-electron chi connectivity index (χ4n) is 3.60. The monoisotopic (exact) mass is 382 g/mol. The number of benzene rings is 1. The van der Waals surface area contributed by atoms with Crippen molar-refractivity contribution in [2.75, 3.05) is 6.54 Å². The lowest BCUT2D eigenvalue weighted by Crippen LogP contribution is -2.35. The molecule has 1 aromatic heterocycles. The smallest absolute Gasteiger partial charge is 0.220 e. The molecule has 150 valence electrons. The van der Waals surface area contributed by atoms with Crippen molar-refractivity contribution < 1.29 is 9.59 Å². The van der Waals surface area contributed by atoms with Crippen molar-refractivity contribution in [2.45, 2.75) is 63.8 Å². The van der Waals surface area contributed by atoms with Gasteiger partial charge in [0, 0.05) is 31.6 Å². The summed E-state index contributed by atoms with van der Waals surface area (Å²) in [5, 5.41) is 10.3. The van der Waals surface area contributed by atoms with Gasteiger partial charge in [0.15, 0.2) is 0 Å². The highest BCUT2D eigenvalue weighted by Gasteiger charge is 2.15. The van der Waals surface area contributed by atoms with Crippen molar-refractivity contribution in [2.24, 2.45) is 0 Å². The van der Waals surface area contributed by atoms with E-state index < -0.39 is 0 Å². The molecular formula is C22H30N4O2. The first-order valence-electron chi connectivity index (χ1n) is 10.4. The van der Waals surface area contributed by atoms with E-state index in [1.807, 2.05) is 47.4 Å². The van der Waals surface area contributed by atoms with Crippen LogP contribution in [0.25, 0.3) is 5.69 Å². The van der Waals surface area contributed by atoms with Crippen LogP contribution in [-0.2, 0) is 16.0 Å². The molecule has 2 N–H and O–H groups in total. The molecule has 1 aliphatic rings. The van der Waals surface area contributed by atoms with Crippen LogP contribution in [0.5, 0.6) is 0 Å². The fraction of sp³-hybridized carbons (Fsp3) is 0.500. The van der Waals surface area contributed by atoms with Gasteiger partial charge in [0.2, 0.25) is 11.8 Å². The van der Waals surface area contributed by atoms with E-state index in [-0.39, 0.29) is 24.7 Å². The Morgan fingerprint density at radius 1 is 1.00 bits per heavy atom. The molecule has 1 fully saturated rings. The predicted molar refractivity (Wildman–Crippen MR) is 109 cm³/mol. The van der Waals surface area contributed by atoms with Crippen LogP contribution in [0.2, 0.25) is 0 Å². The SMILES string of the molecule is O=C(CCC(=O)NC1CCCCCC1)NCCc1cnn(-c2ccccc2)c1. The van der Waals surface area contributed by atoms with Crippen LogP contribution in [0.1, 0.15) is 56.9 Å². The normalized spacial score (nSPS) is 15.0. The van der Waals surface area contributed by atoms with Crippen LogP contribution >= 0.6 is 0 Å². The van der Waals surface area contributed by atoms with Gasteiger partial charge in [-0.25, -0.2) is 4.68 Å². The third kappa shape index (κ3) is 6.51. The highest BCUT2D eigenvalue weighted by molar-refractivity contribution is 5.83. The second kappa shape index (κ2) is 10.6. The predicted octanol–water partition coefficient (Wildman–Crippen LogP) is 3.15. The van der Waals surface area contributed by atoms with Crippen molar-refractivity contribution in [1.29, 1.82) is 0 Å². The van der Waals surface area contributed by atoms with Gasteiger partial charge in [-0.05, 0) is 37.0 Å². The molecule has 28 heavy (non-hydrogen) atoms. The third-order valence-electron chi connectivity index (χ3n) is 5.19. The molecule has 2 amide bonds. The van der Waals surface area contributed by atoms with Crippen LogP contribution in [0.15, 0.2) is 42.7 Å². The minimum atomic E-state index is -0.0773. The average molecular weight is 383 g/mol. The lowest BCUT2D eigenvalue weighted by molar-refractivity contribution is -0.126. The zero-order valence-electron chi connectivity index (χ0n) is 16.4. The molecule has 0 atom stereocenters. The molecule has 0 bridgehead atoms. The van der Waals surface area contributed by atoms with Gasteiger partial charge in [-0.2, -0.15) is 5.10 Å². The minimum Gasteiger partial charge on any atom is -0.356 e. The topological polar surface area (TPSA) is 76.0 Å². The second-order valence-corrected chi connectivity index (χ2v) is 7.48. The number of hydrogen-bond donors (Lipinski definition) is 2. The molecule has 2 aromatic rings. The summed E-state index contributed by atoms with van der Waals surface area (Å²) >= 11 is 0. The summed E-state index contributed by atoms with van der Waals surface area (Å²) in [6.45, 7) is 0.545. The molecule has 3 rings (SSSR count). The van der Waals surface area contributed by atoms with E-state index in [4.69, 9.17) is 0 Å². The summed E-state index contributed by atoms with van der Waals surface area (Å²) in [5.41, 5.74) is 2.08.